The number of carbonyl (C=O) groups excluding carboxylic acids is 1. The summed E-state index contributed by atoms with van der Waals surface area (Å²) in [6.45, 7) is 2.59. The molecule has 1 aliphatic heterocycles. The van der Waals surface area contributed by atoms with E-state index in [4.69, 9.17) is 4.74 Å². The predicted octanol–water partition coefficient (Wildman–Crippen LogP) is 2.92. The van der Waals surface area contributed by atoms with Crippen LogP contribution in [0.25, 0.3) is 10.9 Å². The summed E-state index contributed by atoms with van der Waals surface area (Å²) in [4.78, 5) is 24.4. The Kier molecular flexibility index (Phi) is 6.06. The van der Waals surface area contributed by atoms with Crippen LogP contribution in [-0.4, -0.2) is 62.1 Å². The van der Waals surface area contributed by atoms with E-state index in [9.17, 15) is 15.0 Å². The maximum Gasteiger partial charge on any atom is 0.230 e. The number of aliphatic hydroxyl groups is 2. The summed E-state index contributed by atoms with van der Waals surface area (Å²) in [5.41, 5.74) is 2.68. The normalized spacial score (nSPS) is 15.7. The van der Waals surface area contributed by atoms with Gasteiger partial charge < -0.3 is 25.2 Å². The number of aryl methyl sites for hydroxylation is 1. The molecule has 2 aromatic carbocycles. The van der Waals surface area contributed by atoms with Gasteiger partial charge in [-0.25, -0.2) is 9.97 Å². The number of nitrogens with zero attached hydrogens (tertiary/aromatic N) is 4. The van der Waals surface area contributed by atoms with Crippen LogP contribution in [0.1, 0.15) is 34.7 Å². The minimum atomic E-state index is -1.44. The number of aliphatic hydroxyl groups excluding tert-OH is 1. The minimum Gasteiger partial charge on any atom is -0.497 e. The standard InChI is InChI=1S/C25H26N6O4/c1-14-12-21(30-29-14)27-23-18-10-7-16(31-11-3-4-20(31)25(33)34)13-19(18)26-24(28-23)22(32)15-5-8-17(35-2)9-6-15/h5-10,12-13,20,25,33-34H,3-4,11H2,1-2H3,(H2,26,27,28,29,30)/t20-/m1/s1. The summed E-state index contributed by atoms with van der Waals surface area (Å²) in [5, 5.41) is 30.6. The van der Waals surface area contributed by atoms with Crippen LogP contribution in [0.4, 0.5) is 17.3 Å². The van der Waals surface area contributed by atoms with Gasteiger partial charge in [-0.2, -0.15) is 5.10 Å². The number of hydrogen-bond acceptors (Lipinski definition) is 9. The van der Waals surface area contributed by atoms with E-state index in [1.807, 2.05) is 36.1 Å². The molecule has 1 saturated heterocycles. The molecule has 2 aromatic heterocycles. The summed E-state index contributed by atoms with van der Waals surface area (Å²) in [6.07, 6.45) is 0.105. The summed E-state index contributed by atoms with van der Waals surface area (Å²) in [6, 6.07) is 13.8. The van der Waals surface area contributed by atoms with E-state index in [0.717, 1.165) is 17.8 Å². The van der Waals surface area contributed by atoms with Crippen molar-refractivity contribution in [3.05, 3.63) is 65.6 Å². The predicted molar refractivity (Wildman–Crippen MR) is 131 cm³/mol. The van der Waals surface area contributed by atoms with Crippen molar-refractivity contribution in [1.29, 1.82) is 0 Å². The van der Waals surface area contributed by atoms with Crippen molar-refractivity contribution in [2.75, 3.05) is 23.9 Å². The maximum atomic E-state index is 13.3. The average Bonchev–Trinajstić information content (AvgIpc) is 3.52. The molecule has 1 atom stereocenters. The number of nitrogens with one attached hydrogen (secondary N) is 2. The molecule has 0 amide bonds. The lowest BCUT2D eigenvalue weighted by atomic mass is 10.1. The van der Waals surface area contributed by atoms with E-state index in [-0.39, 0.29) is 17.6 Å². The Morgan fingerprint density at radius 2 is 1.97 bits per heavy atom. The van der Waals surface area contributed by atoms with Gasteiger partial charge in [-0.1, -0.05) is 0 Å². The molecule has 10 nitrogen and oxygen atoms in total. The highest BCUT2D eigenvalue weighted by Gasteiger charge is 2.30. The molecule has 10 heteroatoms. The SMILES string of the molecule is COc1ccc(C(=O)c2nc(Nc3cc(C)[nH]n3)c3ccc(N4CCC[C@@H]4C(O)O)cc3n2)cc1. The van der Waals surface area contributed by atoms with E-state index in [2.05, 4.69) is 25.5 Å². The molecule has 1 fully saturated rings. The van der Waals surface area contributed by atoms with Crippen LogP contribution in [0.3, 0.4) is 0 Å². The van der Waals surface area contributed by atoms with Crippen LogP contribution in [0.2, 0.25) is 0 Å². The topological polar surface area (TPSA) is 136 Å². The number of fused-ring (bicyclic) bond motifs is 1. The number of aromatic nitrogens is 4. The van der Waals surface area contributed by atoms with Crippen LogP contribution in [0.5, 0.6) is 5.75 Å². The van der Waals surface area contributed by atoms with Gasteiger partial charge in [0.15, 0.2) is 12.1 Å². The lowest BCUT2D eigenvalue weighted by Crippen LogP contribution is -2.38. The van der Waals surface area contributed by atoms with Gasteiger partial charge in [-0.05, 0) is 62.2 Å². The maximum absolute atomic E-state index is 13.3. The first kappa shape index (κ1) is 22.8. The molecule has 1 aliphatic rings. The Morgan fingerprint density at radius 3 is 2.66 bits per heavy atom. The van der Waals surface area contributed by atoms with Gasteiger partial charge in [0, 0.05) is 34.9 Å². The van der Waals surface area contributed by atoms with Crippen molar-refractivity contribution in [2.45, 2.75) is 32.1 Å². The number of benzene rings is 2. The van der Waals surface area contributed by atoms with Crippen molar-refractivity contribution >= 4 is 34.0 Å². The Labute approximate surface area is 201 Å². The first-order valence-electron chi connectivity index (χ1n) is 11.4. The van der Waals surface area contributed by atoms with E-state index >= 15 is 0 Å². The highest BCUT2D eigenvalue weighted by atomic mass is 16.5. The lowest BCUT2D eigenvalue weighted by molar-refractivity contribution is -0.0566. The van der Waals surface area contributed by atoms with Crippen LogP contribution < -0.4 is 15.0 Å². The molecule has 5 rings (SSSR count). The lowest BCUT2D eigenvalue weighted by Gasteiger charge is -2.28. The molecule has 0 saturated carbocycles. The molecule has 4 aromatic rings. The van der Waals surface area contributed by atoms with E-state index in [0.29, 0.717) is 46.8 Å². The average molecular weight is 475 g/mol. The number of carbonyl (C=O) groups is 1. The number of aromatic amines is 1. The smallest absolute Gasteiger partial charge is 0.230 e. The Balaban J connectivity index is 1.59. The fourth-order valence-corrected chi connectivity index (χ4v) is 4.39. The first-order chi connectivity index (χ1) is 16.9. The van der Waals surface area contributed by atoms with Crippen molar-refractivity contribution in [3.8, 4) is 5.75 Å². The largest absolute Gasteiger partial charge is 0.497 e. The molecular weight excluding hydrogens is 448 g/mol. The zero-order chi connectivity index (χ0) is 24.5. The van der Waals surface area contributed by atoms with E-state index in [1.54, 1.807) is 31.4 Å². The van der Waals surface area contributed by atoms with Gasteiger partial charge in [-0.15, -0.1) is 0 Å². The van der Waals surface area contributed by atoms with Gasteiger partial charge >= 0.3 is 0 Å². The molecule has 0 bridgehead atoms. The highest BCUT2D eigenvalue weighted by molar-refractivity contribution is 6.08. The highest BCUT2D eigenvalue weighted by Crippen LogP contribution is 2.32. The zero-order valence-corrected chi connectivity index (χ0v) is 19.4. The molecule has 0 spiro atoms. The molecule has 4 N–H and O–H groups in total. The van der Waals surface area contributed by atoms with Gasteiger partial charge in [0.05, 0.1) is 18.7 Å². The fourth-order valence-electron chi connectivity index (χ4n) is 4.39. The molecule has 0 aliphatic carbocycles. The fraction of sp³-hybridized carbons (Fsp3) is 0.280. The van der Waals surface area contributed by atoms with E-state index < -0.39 is 6.29 Å². The Hall–Kier alpha value is -4.02. The summed E-state index contributed by atoms with van der Waals surface area (Å²) >= 11 is 0. The zero-order valence-electron chi connectivity index (χ0n) is 19.4. The Bertz CT molecular complexity index is 1370. The number of rotatable bonds is 7. The molecule has 180 valence electrons. The number of ketones is 1. The summed E-state index contributed by atoms with van der Waals surface area (Å²) < 4.78 is 5.18. The molecule has 0 unspecified atom stereocenters. The number of H-pyrrole nitrogens is 1. The molecule has 3 heterocycles. The van der Waals surface area contributed by atoms with Gasteiger partial charge in [0.2, 0.25) is 11.6 Å². The van der Waals surface area contributed by atoms with Crippen LogP contribution in [-0.2, 0) is 0 Å². The number of anilines is 3. The number of ether oxygens (including phenoxy) is 1. The van der Waals surface area contributed by atoms with Crippen molar-refractivity contribution < 1.29 is 19.7 Å². The summed E-state index contributed by atoms with van der Waals surface area (Å²) in [7, 11) is 1.57. The molecule has 0 radical (unpaired) electrons. The van der Waals surface area contributed by atoms with Crippen molar-refractivity contribution in [1.82, 2.24) is 20.2 Å². The summed E-state index contributed by atoms with van der Waals surface area (Å²) in [5.74, 6) is 1.37. The van der Waals surface area contributed by atoms with Gasteiger partial charge in [0.25, 0.3) is 0 Å². The molecular formula is C25H26N6O4. The van der Waals surface area contributed by atoms with Crippen LogP contribution in [0.15, 0.2) is 48.5 Å². The van der Waals surface area contributed by atoms with Gasteiger partial charge in [0.1, 0.15) is 11.6 Å². The van der Waals surface area contributed by atoms with Crippen LogP contribution in [0, 0.1) is 6.92 Å². The third kappa shape index (κ3) is 4.53. The number of methoxy groups -OCH3 is 1. The second-order valence-electron chi connectivity index (χ2n) is 8.53. The third-order valence-corrected chi connectivity index (χ3v) is 6.16. The quantitative estimate of drug-likeness (QED) is 0.235. The van der Waals surface area contributed by atoms with Gasteiger partial charge in [-0.3, -0.25) is 9.89 Å². The second kappa shape index (κ2) is 9.32. The van der Waals surface area contributed by atoms with Crippen molar-refractivity contribution in [3.63, 3.8) is 0 Å². The minimum absolute atomic E-state index is 0.0368. The van der Waals surface area contributed by atoms with Crippen LogP contribution >= 0.6 is 0 Å². The molecule has 35 heavy (non-hydrogen) atoms. The monoisotopic (exact) mass is 474 g/mol. The number of hydrogen-bond donors (Lipinski definition) is 4. The third-order valence-electron chi connectivity index (χ3n) is 6.16. The first-order valence-corrected chi connectivity index (χ1v) is 11.4. The van der Waals surface area contributed by atoms with Crippen molar-refractivity contribution in [2.24, 2.45) is 0 Å². The second-order valence-corrected chi connectivity index (χ2v) is 8.53. The Morgan fingerprint density at radius 1 is 1.17 bits per heavy atom. The van der Waals surface area contributed by atoms with E-state index in [1.165, 1.54) is 0 Å².